The van der Waals surface area contributed by atoms with Crippen LogP contribution in [0.25, 0.3) is 10.8 Å². The van der Waals surface area contributed by atoms with Gasteiger partial charge in [-0.1, -0.05) is 30.3 Å². The van der Waals surface area contributed by atoms with Gasteiger partial charge in [-0.05, 0) is 35.4 Å². The summed E-state index contributed by atoms with van der Waals surface area (Å²) >= 11 is 0. The van der Waals surface area contributed by atoms with Gasteiger partial charge in [0.15, 0.2) is 11.5 Å². The highest BCUT2D eigenvalue weighted by molar-refractivity contribution is 6.03. The molecule has 1 aliphatic heterocycles. The van der Waals surface area contributed by atoms with Gasteiger partial charge in [0.2, 0.25) is 5.91 Å². The molecule has 1 atom stereocenters. The van der Waals surface area contributed by atoms with Gasteiger partial charge in [-0.15, -0.1) is 0 Å². The highest BCUT2D eigenvalue weighted by Gasteiger charge is 2.35. The maximum atomic E-state index is 13.0. The quantitative estimate of drug-likeness (QED) is 0.630. The molecule has 150 valence electrons. The third-order valence-corrected chi connectivity index (χ3v) is 5.69. The number of benzene rings is 3. The lowest BCUT2D eigenvalue weighted by Crippen LogP contribution is -2.37. The Hall–Kier alpha value is -3.21. The van der Waals surface area contributed by atoms with Gasteiger partial charge in [-0.2, -0.15) is 0 Å². The van der Waals surface area contributed by atoms with Crippen molar-refractivity contribution >= 4 is 22.4 Å². The minimum atomic E-state index is -0.138. The van der Waals surface area contributed by atoms with Crippen LogP contribution < -0.4 is 19.1 Å². The van der Waals surface area contributed by atoms with Crippen LogP contribution in [-0.4, -0.2) is 33.8 Å². The lowest BCUT2D eigenvalue weighted by Gasteiger charge is -2.35. The Balaban J connectivity index is 2.01. The van der Waals surface area contributed by atoms with Crippen LogP contribution in [0.15, 0.2) is 48.5 Å². The molecule has 1 aliphatic rings. The number of ether oxygens (including phenoxy) is 3. The van der Waals surface area contributed by atoms with E-state index < -0.39 is 0 Å². The molecular weight excluding hydrogens is 366 g/mol. The summed E-state index contributed by atoms with van der Waals surface area (Å²) in [6.45, 7) is 2.65. The summed E-state index contributed by atoms with van der Waals surface area (Å²) in [5, 5.41) is 2.30. The Morgan fingerprint density at radius 3 is 2.31 bits per heavy atom. The molecule has 0 saturated carbocycles. The summed E-state index contributed by atoms with van der Waals surface area (Å²) in [5.74, 6) is 1.88. The van der Waals surface area contributed by atoms with E-state index in [2.05, 4.69) is 24.3 Å². The molecule has 1 amide bonds. The largest absolute Gasteiger partial charge is 0.496 e. The van der Waals surface area contributed by atoms with Crippen LogP contribution in [0.3, 0.4) is 0 Å². The molecule has 0 fully saturated rings. The molecule has 1 heterocycles. The number of anilines is 1. The normalized spacial score (nSPS) is 15.9. The van der Waals surface area contributed by atoms with Gasteiger partial charge in [0.25, 0.3) is 0 Å². The number of rotatable bonds is 5. The van der Waals surface area contributed by atoms with Crippen LogP contribution in [0.5, 0.6) is 17.2 Å². The predicted molar refractivity (Wildman–Crippen MR) is 115 cm³/mol. The monoisotopic (exact) mass is 391 g/mol. The predicted octanol–water partition coefficient (Wildman–Crippen LogP) is 4.75. The van der Waals surface area contributed by atoms with E-state index in [0.717, 1.165) is 27.6 Å². The van der Waals surface area contributed by atoms with Crippen molar-refractivity contribution in [2.24, 2.45) is 0 Å². The molecule has 1 unspecified atom stereocenters. The molecule has 0 spiro atoms. The Labute approximate surface area is 170 Å². The number of hydrogen-bond donors (Lipinski definition) is 0. The first-order chi connectivity index (χ1) is 14.1. The molecule has 0 aliphatic carbocycles. The average molecular weight is 391 g/mol. The molecule has 5 nitrogen and oxygen atoms in total. The first-order valence-corrected chi connectivity index (χ1v) is 9.74. The zero-order valence-electron chi connectivity index (χ0n) is 17.2. The Kier molecular flexibility index (Phi) is 5.05. The summed E-state index contributed by atoms with van der Waals surface area (Å²) in [6, 6.07) is 16.2. The van der Waals surface area contributed by atoms with Crippen molar-refractivity contribution in [3.8, 4) is 17.2 Å². The second-order valence-corrected chi connectivity index (χ2v) is 7.06. The summed E-state index contributed by atoms with van der Waals surface area (Å²) < 4.78 is 16.7. The Bertz CT molecular complexity index is 1080. The lowest BCUT2D eigenvalue weighted by atomic mass is 9.80. The highest BCUT2D eigenvalue weighted by atomic mass is 16.5. The topological polar surface area (TPSA) is 48.0 Å². The second kappa shape index (κ2) is 7.66. The van der Waals surface area contributed by atoms with E-state index >= 15 is 0 Å². The molecule has 3 aromatic carbocycles. The smallest absolute Gasteiger partial charge is 0.227 e. The number of carbonyl (C=O) groups is 1. The van der Waals surface area contributed by atoms with Gasteiger partial charge in [-0.25, -0.2) is 0 Å². The molecule has 5 heteroatoms. The minimum Gasteiger partial charge on any atom is -0.496 e. The standard InChI is InChI=1S/C24H25NO4/c1-5-25-19-11-10-15-8-6-7-9-16(15)24(19)18(13-23(25)26)17-12-21(28-3)22(29-4)14-20(17)27-2/h6-12,14,18H,5,13H2,1-4H3. The third kappa shape index (κ3) is 3.07. The number of carbonyl (C=O) groups excluding carboxylic acids is 1. The number of methoxy groups -OCH3 is 3. The van der Waals surface area contributed by atoms with E-state index in [1.165, 1.54) is 0 Å². The van der Waals surface area contributed by atoms with Crippen LogP contribution in [-0.2, 0) is 4.79 Å². The Morgan fingerprint density at radius 2 is 1.62 bits per heavy atom. The number of hydrogen-bond acceptors (Lipinski definition) is 4. The van der Waals surface area contributed by atoms with Gasteiger partial charge < -0.3 is 19.1 Å². The van der Waals surface area contributed by atoms with E-state index in [9.17, 15) is 4.79 Å². The van der Waals surface area contributed by atoms with Crippen LogP contribution in [0.1, 0.15) is 30.4 Å². The van der Waals surface area contributed by atoms with Crippen molar-refractivity contribution in [2.45, 2.75) is 19.3 Å². The van der Waals surface area contributed by atoms with Gasteiger partial charge in [-0.3, -0.25) is 4.79 Å². The van der Waals surface area contributed by atoms with Gasteiger partial charge in [0.1, 0.15) is 5.75 Å². The summed E-state index contributed by atoms with van der Waals surface area (Å²) in [7, 11) is 4.85. The van der Waals surface area contributed by atoms with Crippen molar-refractivity contribution in [1.29, 1.82) is 0 Å². The first kappa shape index (κ1) is 19.1. The minimum absolute atomic E-state index is 0.108. The summed E-state index contributed by atoms with van der Waals surface area (Å²) in [6.07, 6.45) is 0.376. The fraction of sp³-hybridized carbons (Fsp3) is 0.292. The van der Waals surface area contributed by atoms with Crippen molar-refractivity contribution in [3.63, 3.8) is 0 Å². The molecule has 4 rings (SSSR count). The maximum absolute atomic E-state index is 13.0. The van der Waals surface area contributed by atoms with E-state index in [1.54, 1.807) is 21.3 Å². The number of fused-ring (bicyclic) bond motifs is 3. The fourth-order valence-corrected chi connectivity index (χ4v) is 4.34. The fourth-order valence-electron chi connectivity index (χ4n) is 4.34. The second-order valence-electron chi connectivity index (χ2n) is 7.06. The number of nitrogens with zero attached hydrogens (tertiary/aromatic N) is 1. The SMILES string of the molecule is CCN1C(=O)CC(c2cc(OC)c(OC)cc2OC)c2c1ccc1ccccc21. The van der Waals surface area contributed by atoms with Crippen molar-refractivity contribution < 1.29 is 19.0 Å². The average Bonchev–Trinajstić information content (AvgIpc) is 2.77. The van der Waals surface area contributed by atoms with Gasteiger partial charge in [0, 0.05) is 36.2 Å². The first-order valence-electron chi connectivity index (χ1n) is 9.74. The molecule has 0 bridgehead atoms. The Morgan fingerprint density at radius 1 is 0.931 bits per heavy atom. The van der Waals surface area contributed by atoms with E-state index in [0.29, 0.717) is 30.2 Å². The lowest BCUT2D eigenvalue weighted by molar-refractivity contribution is -0.119. The molecule has 29 heavy (non-hydrogen) atoms. The van der Waals surface area contributed by atoms with Crippen LogP contribution in [0, 0.1) is 0 Å². The van der Waals surface area contributed by atoms with Crippen LogP contribution >= 0.6 is 0 Å². The summed E-state index contributed by atoms with van der Waals surface area (Å²) in [5.41, 5.74) is 3.03. The van der Waals surface area contributed by atoms with Gasteiger partial charge in [0.05, 0.1) is 21.3 Å². The molecule has 0 saturated heterocycles. The zero-order valence-corrected chi connectivity index (χ0v) is 17.2. The molecule has 0 aromatic heterocycles. The molecule has 3 aromatic rings. The molecule has 0 N–H and O–H groups in total. The van der Waals surface area contributed by atoms with Crippen molar-refractivity contribution in [2.75, 3.05) is 32.8 Å². The number of amides is 1. The van der Waals surface area contributed by atoms with E-state index in [1.807, 2.05) is 36.1 Å². The maximum Gasteiger partial charge on any atom is 0.227 e. The van der Waals surface area contributed by atoms with E-state index in [-0.39, 0.29) is 11.8 Å². The summed E-state index contributed by atoms with van der Waals surface area (Å²) in [4.78, 5) is 14.9. The van der Waals surface area contributed by atoms with Crippen molar-refractivity contribution in [3.05, 3.63) is 59.7 Å². The van der Waals surface area contributed by atoms with E-state index in [4.69, 9.17) is 14.2 Å². The third-order valence-electron chi connectivity index (χ3n) is 5.69. The molecular formula is C24H25NO4. The van der Waals surface area contributed by atoms with Crippen LogP contribution in [0.2, 0.25) is 0 Å². The van der Waals surface area contributed by atoms with Gasteiger partial charge >= 0.3 is 0 Å². The van der Waals surface area contributed by atoms with Crippen molar-refractivity contribution in [1.82, 2.24) is 0 Å². The van der Waals surface area contributed by atoms with Crippen LogP contribution in [0.4, 0.5) is 5.69 Å². The highest BCUT2D eigenvalue weighted by Crippen LogP contribution is 2.48. The molecule has 0 radical (unpaired) electrons. The zero-order chi connectivity index (χ0) is 20.5.